The molecule has 0 bridgehead atoms. The molecule has 3 rings (SSSR count). The van der Waals surface area contributed by atoms with E-state index < -0.39 is 5.97 Å². The molecular weight excluding hydrogens is 314 g/mol. The van der Waals surface area contributed by atoms with Crippen molar-refractivity contribution in [2.24, 2.45) is 0 Å². The number of nitrogens with zero attached hydrogens (tertiary/aromatic N) is 1. The van der Waals surface area contributed by atoms with E-state index in [9.17, 15) is 4.79 Å². The Balaban J connectivity index is 1.81. The number of nitrogens with one attached hydrogen (secondary N) is 2. The van der Waals surface area contributed by atoms with Crippen molar-refractivity contribution in [3.63, 3.8) is 0 Å². The Morgan fingerprint density at radius 3 is 2.60 bits per heavy atom. The second-order valence-electron chi connectivity index (χ2n) is 6.68. The lowest BCUT2D eigenvalue weighted by Crippen LogP contribution is -1.99. The third-order valence-corrected chi connectivity index (χ3v) is 4.39. The van der Waals surface area contributed by atoms with Gasteiger partial charge in [0, 0.05) is 12.1 Å². The molecule has 0 fully saturated rings. The number of rotatable bonds is 6. The number of hydrogen-bond acceptors (Lipinski definition) is 3. The Morgan fingerprint density at radius 2 is 1.96 bits per heavy atom. The zero-order valence-electron chi connectivity index (χ0n) is 14.8. The van der Waals surface area contributed by atoms with Crippen LogP contribution in [-0.2, 0) is 11.2 Å². The summed E-state index contributed by atoms with van der Waals surface area (Å²) in [5.74, 6) is 0.406. The largest absolute Gasteiger partial charge is 0.481 e. The van der Waals surface area contributed by atoms with E-state index in [1.165, 1.54) is 5.56 Å². The molecular formula is C20H23N3O2. The maximum Gasteiger partial charge on any atom is 0.303 e. The number of aliphatic carboxylic acids is 1. The Hall–Kier alpha value is -2.82. The number of carbonyl (C=O) groups is 1. The highest BCUT2D eigenvalue weighted by atomic mass is 16.4. The number of hydrogen-bond donors (Lipinski definition) is 3. The van der Waals surface area contributed by atoms with Gasteiger partial charge in [-0.15, -0.1) is 0 Å². The van der Waals surface area contributed by atoms with Crippen molar-refractivity contribution in [1.82, 2.24) is 9.97 Å². The van der Waals surface area contributed by atoms with Crippen LogP contribution in [0.15, 0.2) is 36.4 Å². The number of H-pyrrole nitrogens is 1. The zero-order chi connectivity index (χ0) is 18.0. The van der Waals surface area contributed by atoms with Crippen LogP contribution >= 0.6 is 0 Å². The van der Waals surface area contributed by atoms with Crippen LogP contribution in [0.4, 0.5) is 11.6 Å². The minimum Gasteiger partial charge on any atom is -0.481 e. The normalized spacial score (nSPS) is 11.2. The highest BCUT2D eigenvalue weighted by Crippen LogP contribution is 2.23. The summed E-state index contributed by atoms with van der Waals surface area (Å²) in [6.07, 6.45) is 0.646. The lowest BCUT2D eigenvalue weighted by Gasteiger charge is -2.07. The predicted octanol–water partition coefficient (Wildman–Crippen LogP) is 4.76. The molecule has 0 unspecified atom stereocenters. The Labute approximate surface area is 147 Å². The van der Waals surface area contributed by atoms with Gasteiger partial charge in [0.1, 0.15) is 0 Å². The molecule has 0 saturated carbocycles. The van der Waals surface area contributed by atoms with Crippen LogP contribution in [0.5, 0.6) is 0 Å². The molecule has 0 aliphatic heterocycles. The summed E-state index contributed by atoms with van der Waals surface area (Å²) in [6, 6.07) is 12.3. The summed E-state index contributed by atoms with van der Waals surface area (Å²) in [7, 11) is 0. The number of imidazole rings is 1. The van der Waals surface area contributed by atoms with E-state index in [0.29, 0.717) is 18.3 Å². The average Bonchev–Trinajstić information content (AvgIpc) is 2.94. The number of carboxylic acids is 1. The number of aromatic nitrogens is 2. The smallest absolute Gasteiger partial charge is 0.303 e. The maximum atomic E-state index is 10.8. The third kappa shape index (κ3) is 3.99. The fourth-order valence-electron chi connectivity index (χ4n) is 2.87. The molecule has 0 radical (unpaired) electrons. The van der Waals surface area contributed by atoms with Crippen LogP contribution in [0.25, 0.3) is 11.0 Å². The van der Waals surface area contributed by atoms with E-state index in [0.717, 1.165) is 27.8 Å². The molecule has 2 aromatic carbocycles. The van der Waals surface area contributed by atoms with Crippen LogP contribution in [-0.4, -0.2) is 21.0 Å². The molecule has 1 heterocycles. The van der Waals surface area contributed by atoms with Crippen LogP contribution in [0.3, 0.4) is 0 Å². The quantitative estimate of drug-likeness (QED) is 0.606. The van der Waals surface area contributed by atoms with E-state index in [1.54, 1.807) is 0 Å². The van der Waals surface area contributed by atoms with Gasteiger partial charge in [-0.2, -0.15) is 0 Å². The monoisotopic (exact) mass is 337 g/mol. The first-order valence-electron chi connectivity index (χ1n) is 8.50. The molecule has 3 N–H and O–H groups in total. The van der Waals surface area contributed by atoms with Gasteiger partial charge in [0.05, 0.1) is 11.0 Å². The highest BCUT2D eigenvalue weighted by molar-refractivity contribution is 5.80. The fraction of sp³-hybridized carbons (Fsp3) is 0.300. The van der Waals surface area contributed by atoms with Gasteiger partial charge in [0.2, 0.25) is 5.95 Å². The van der Waals surface area contributed by atoms with Crippen molar-refractivity contribution in [3.8, 4) is 0 Å². The second-order valence-corrected chi connectivity index (χ2v) is 6.68. The van der Waals surface area contributed by atoms with Crippen molar-refractivity contribution < 1.29 is 9.90 Å². The molecule has 5 heteroatoms. The van der Waals surface area contributed by atoms with Crippen molar-refractivity contribution in [1.29, 1.82) is 0 Å². The predicted molar refractivity (Wildman–Crippen MR) is 101 cm³/mol. The van der Waals surface area contributed by atoms with E-state index >= 15 is 0 Å². The first kappa shape index (κ1) is 17.0. The molecule has 0 amide bonds. The zero-order valence-corrected chi connectivity index (χ0v) is 14.8. The van der Waals surface area contributed by atoms with Gasteiger partial charge in [-0.3, -0.25) is 4.79 Å². The minimum atomic E-state index is -0.784. The van der Waals surface area contributed by atoms with Crippen LogP contribution in [0.2, 0.25) is 0 Å². The molecule has 0 aliphatic rings. The standard InChI is InChI=1S/C20H23N3O2/c1-12(2)14-4-7-16(8-5-14)21-20-22-17-10-13(3)15(6-9-19(24)25)11-18(17)23-20/h4-5,7-8,10-12H,6,9H2,1-3H3,(H,24,25)(H2,21,22,23). The van der Waals surface area contributed by atoms with Gasteiger partial charge >= 0.3 is 5.97 Å². The molecule has 0 aliphatic carbocycles. The van der Waals surface area contributed by atoms with Gasteiger partial charge in [-0.1, -0.05) is 26.0 Å². The fourth-order valence-corrected chi connectivity index (χ4v) is 2.87. The van der Waals surface area contributed by atoms with Crippen LogP contribution < -0.4 is 5.32 Å². The molecule has 0 atom stereocenters. The maximum absolute atomic E-state index is 10.8. The average molecular weight is 337 g/mol. The molecule has 0 spiro atoms. The minimum absolute atomic E-state index is 0.129. The summed E-state index contributed by atoms with van der Waals surface area (Å²) < 4.78 is 0. The van der Waals surface area contributed by atoms with Crippen molar-refractivity contribution in [3.05, 3.63) is 53.1 Å². The molecule has 5 nitrogen and oxygen atoms in total. The van der Waals surface area contributed by atoms with E-state index in [-0.39, 0.29) is 6.42 Å². The Bertz CT molecular complexity index is 895. The number of aryl methyl sites for hydroxylation is 2. The molecule has 0 saturated heterocycles. The SMILES string of the molecule is Cc1cc2[nH]c(Nc3ccc(C(C)C)cc3)nc2cc1CCC(=O)O. The van der Waals surface area contributed by atoms with Crippen LogP contribution in [0, 0.1) is 6.92 Å². The first-order valence-corrected chi connectivity index (χ1v) is 8.50. The topological polar surface area (TPSA) is 78.0 Å². The summed E-state index contributed by atoms with van der Waals surface area (Å²) >= 11 is 0. The lowest BCUT2D eigenvalue weighted by molar-refractivity contribution is -0.136. The third-order valence-electron chi connectivity index (χ3n) is 4.39. The van der Waals surface area contributed by atoms with Crippen LogP contribution in [0.1, 0.15) is 42.9 Å². The Morgan fingerprint density at radius 1 is 1.24 bits per heavy atom. The van der Waals surface area contributed by atoms with Crippen molar-refractivity contribution in [2.75, 3.05) is 5.32 Å². The summed E-state index contributed by atoms with van der Waals surface area (Å²) in [4.78, 5) is 18.6. The van der Waals surface area contributed by atoms with Gasteiger partial charge in [0.15, 0.2) is 0 Å². The number of aromatic amines is 1. The first-order chi connectivity index (χ1) is 11.9. The molecule has 1 aromatic heterocycles. The molecule has 3 aromatic rings. The summed E-state index contributed by atoms with van der Waals surface area (Å²) in [5.41, 5.74) is 6.16. The van der Waals surface area contributed by atoms with E-state index in [4.69, 9.17) is 5.11 Å². The summed E-state index contributed by atoms with van der Waals surface area (Å²) in [6.45, 7) is 6.34. The number of benzene rings is 2. The van der Waals surface area contributed by atoms with Gasteiger partial charge in [-0.05, 0) is 60.2 Å². The van der Waals surface area contributed by atoms with Crippen molar-refractivity contribution >= 4 is 28.6 Å². The van der Waals surface area contributed by atoms with E-state index in [2.05, 4.69) is 41.3 Å². The summed E-state index contributed by atoms with van der Waals surface area (Å²) in [5, 5.41) is 12.2. The number of carboxylic acid groups (broad SMARTS) is 1. The lowest BCUT2D eigenvalue weighted by atomic mass is 10.0. The van der Waals surface area contributed by atoms with E-state index in [1.807, 2.05) is 31.2 Å². The number of anilines is 2. The molecule has 25 heavy (non-hydrogen) atoms. The Kier molecular flexibility index (Phi) is 4.74. The van der Waals surface area contributed by atoms with Gasteiger partial charge < -0.3 is 15.4 Å². The van der Waals surface area contributed by atoms with Gasteiger partial charge in [0.25, 0.3) is 0 Å². The highest BCUT2D eigenvalue weighted by Gasteiger charge is 2.09. The second kappa shape index (κ2) is 6.97. The van der Waals surface area contributed by atoms with Gasteiger partial charge in [-0.25, -0.2) is 4.98 Å². The van der Waals surface area contributed by atoms with Crippen molar-refractivity contribution in [2.45, 2.75) is 39.5 Å². The molecule has 130 valence electrons. The number of fused-ring (bicyclic) bond motifs is 1.